The molecule has 164 valence electrons. The van der Waals surface area contributed by atoms with E-state index in [0.29, 0.717) is 18.9 Å². The average Bonchev–Trinajstić information content (AvgIpc) is 2.72. The molecular formula is C27H39NO2. The van der Waals surface area contributed by atoms with Gasteiger partial charge in [-0.1, -0.05) is 70.2 Å². The van der Waals surface area contributed by atoms with Gasteiger partial charge in [0.25, 0.3) is 0 Å². The summed E-state index contributed by atoms with van der Waals surface area (Å²) in [6, 6.07) is 18.8. The Morgan fingerprint density at radius 2 is 1.63 bits per heavy atom. The largest absolute Gasteiger partial charge is 0.491 e. The van der Waals surface area contributed by atoms with Crippen molar-refractivity contribution in [1.29, 1.82) is 0 Å². The van der Waals surface area contributed by atoms with Crippen molar-refractivity contribution in [3.8, 4) is 5.75 Å². The molecule has 0 radical (unpaired) electrons. The van der Waals surface area contributed by atoms with Crippen LogP contribution in [0.4, 0.5) is 0 Å². The summed E-state index contributed by atoms with van der Waals surface area (Å²) >= 11 is 0. The lowest BCUT2D eigenvalue weighted by atomic mass is 9.77. The topological polar surface area (TPSA) is 38.3 Å². The third kappa shape index (κ3) is 6.90. The summed E-state index contributed by atoms with van der Waals surface area (Å²) in [6.45, 7) is 13.6. The number of rotatable bonds is 11. The van der Waals surface area contributed by atoms with Crippen LogP contribution in [0.3, 0.4) is 0 Å². The number of ether oxygens (including phenoxy) is 1. The van der Waals surface area contributed by atoms with Gasteiger partial charge in [-0.2, -0.15) is 0 Å². The van der Waals surface area contributed by atoms with Crippen molar-refractivity contribution in [3.05, 3.63) is 65.7 Å². The van der Waals surface area contributed by atoms with Gasteiger partial charge in [0.1, 0.15) is 5.75 Å². The summed E-state index contributed by atoms with van der Waals surface area (Å²) in [5, 5.41) is 3.17. The van der Waals surface area contributed by atoms with E-state index in [9.17, 15) is 4.79 Å². The van der Waals surface area contributed by atoms with E-state index < -0.39 is 0 Å². The Hall–Kier alpha value is -2.29. The van der Waals surface area contributed by atoms with Crippen LogP contribution in [0.15, 0.2) is 54.6 Å². The Balaban J connectivity index is 1.94. The average molecular weight is 410 g/mol. The maximum Gasteiger partial charge on any atom is 0.220 e. The van der Waals surface area contributed by atoms with Gasteiger partial charge in [0.15, 0.2) is 0 Å². The van der Waals surface area contributed by atoms with Crippen molar-refractivity contribution >= 4 is 5.91 Å². The fourth-order valence-corrected chi connectivity index (χ4v) is 3.92. The predicted molar refractivity (Wildman–Crippen MR) is 126 cm³/mol. The minimum atomic E-state index is 0.0816. The second-order valence-corrected chi connectivity index (χ2v) is 9.17. The minimum absolute atomic E-state index is 0.0816. The summed E-state index contributed by atoms with van der Waals surface area (Å²) in [5.41, 5.74) is 2.61. The molecule has 0 aliphatic rings. The lowest BCUT2D eigenvalue weighted by Gasteiger charge is -2.29. The van der Waals surface area contributed by atoms with Crippen molar-refractivity contribution in [3.63, 3.8) is 0 Å². The second kappa shape index (κ2) is 11.2. The number of carbonyl (C=O) groups excluding carboxylic acids is 1. The molecule has 0 unspecified atom stereocenters. The third-order valence-corrected chi connectivity index (χ3v) is 6.14. The lowest BCUT2D eigenvalue weighted by Crippen LogP contribution is -2.32. The number of benzene rings is 2. The van der Waals surface area contributed by atoms with E-state index in [2.05, 4.69) is 75.5 Å². The Labute approximate surface area is 183 Å². The molecule has 0 heterocycles. The van der Waals surface area contributed by atoms with E-state index in [1.54, 1.807) is 0 Å². The summed E-state index contributed by atoms with van der Waals surface area (Å²) in [5.74, 6) is 1.59. The maximum absolute atomic E-state index is 12.7. The molecule has 2 atom stereocenters. The first-order valence-electron chi connectivity index (χ1n) is 11.3. The van der Waals surface area contributed by atoms with E-state index in [-0.39, 0.29) is 23.3 Å². The second-order valence-electron chi connectivity index (χ2n) is 9.17. The van der Waals surface area contributed by atoms with Gasteiger partial charge in [0.05, 0.1) is 6.10 Å². The van der Waals surface area contributed by atoms with Crippen molar-refractivity contribution in [1.82, 2.24) is 5.32 Å². The van der Waals surface area contributed by atoms with E-state index >= 15 is 0 Å². The number of hydrogen-bond acceptors (Lipinski definition) is 2. The van der Waals surface area contributed by atoms with E-state index in [1.165, 1.54) is 11.1 Å². The normalized spacial score (nSPS) is 14.4. The first-order valence-corrected chi connectivity index (χ1v) is 11.3. The standard InChI is InChI=1S/C27H39NO2/c1-7-27(6,23-11-9-8-10-12-23)17-18-28-26(29)19-25(20(2)3)22-13-15-24(16-14-22)30-21(4)5/h8-16,20-21,25H,7,17-19H2,1-6H3,(H,28,29)/t25-,27-/m1/s1. The van der Waals surface area contributed by atoms with Gasteiger partial charge in [-0.3, -0.25) is 4.79 Å². The molecule has 0 spiro atoms. The predicted octanol–water partition coefficient (Wildman–Crippen LogP) is 6.48. The van der Waals surface area contributed by atoms with E-state index in [4.69, 9.17) is 4.74 Å². The first kappa shape index (κ1) is 24.0. The Morgan fingerprint density at radius 3 is 2.17 bits per heavy atom. The molecule has 2 rings (SSSR count). The van der Waals surface area contributed by atoms with Gasteiger partial charge in [-0.05, 0) is 67.2 Å². The van der Waals surface area contributed by atoms with Crippen LogP contribution in [-0.4, -0.2) is 18.6 Å². The Morgan fingerprint density at radius 1 is 1.00 bits per heavy atom. The highest BCUT2D eigenvalue weighted by Crippen LogP contribution is 2.31. The quantitative estimate of drug-likeness (QED) is 0.461. The molecule has 0 saturated heterocycles. The summed E-state index contributed by atoms with van der Waals surface area (Å²) in [4.78, 5) is 12.7. The molecular weight excluding hydrogens is 370 g/mol. The van der Waals surface area contributed by atoms with Crippen LogP contribution >= 0.6 is 0 Å². The fourth-order valence-electron chi connectivity index (χ4n) is 3.92. The van der Waals surface area contributed by atoms with Gasteiger partial charge < -0.3 is 10.1 Å². The first-order chi connectivity index (χ1) is 14.2. The minimum Gasteiger partial charge on any atom is -0.491 e. The molecule has 1 amide bonds. The van der Waals surface area contributed by atoms with Gasteiger partial charge in [0.2, 0.25) is 5.91 Å². The van der Waals surface area contributed by atoms with Crippen LogP contribution in [0.2, 0.25) is 0 Å². The highest BCUT2D eigenvalue weighted by molar-refractivity contribution is 5.76. The SMILES string of the molecule is CC[C@](C)(CCNC(=O)C[C@@H](c1ccc(OC(C)C)cc1)C(C)C)c1ccccc1. The molecule has 3 nitrogen and oxygen atoms in total. The zero-order valence-corrected chi connectivity index (χ0v) is 19.6. The zero-order chi connectivity index (χ0) is 22.1. The number of nitrogens with one attached hydrogen (secondary N) is 1. The molecule has 0 aliphatic heterocycles. The maximum atomic E-state index is 12.7. The van der Waals surface area contributed by atoms with Crippen LogP contribution < -0.4 is 10.1 Å². The molecule has 30 heavy (non-hydrogen) atoms. The summed E-state index contributed by atoms with van der Waals surface area (Å²) in [6.07, 6.45) is 2.65. The van der Waals surface area contributed by atoms with Crippen LogP contribution in [0.25, 0.3) is 0 Å². The van der Waals surface area contributed by atoms with E-state index in [0.717, 1.165) is 18.6 Å². The van der Waals surface area contributed by atoms with Crippen LogP contribution in [-0.2, 0) is 10.2 Å². The highest BCUT2D eigenvalue weighted by atomic mass is 16.5. The van der Waals surface area contributed by atoms with Gasteiger partial charge in [-0.15, -0.1) is 0 Å². The van der Waals surface area contributed by atoms with Crippen molar-refractivity contribution in [2.45, 2.75) is 78.2 Å². The zero-order valence-electron chi connectivity index (χ0n) is 19.6. The fraction of sp³-hybridized carbons (Fsp3) is 0.519. The number of amides is 1. The molecule has 0 saturated carbocycles. The molecule has 2 aromatic rings. The Bertz CT molecular complexity index is 767. The molecule has 0 aliphatic carbocycles. The van der Waals surface area contributed by atoms with Crippen molar-refractivity contribution in [2.75, 3.05) is 6.54 Å². The monoisotopic (exact) mass is 409 g/mol. The van der Waals surface area contributed by atoms with Crippen LogP contribution in [0, 0.1) is 5.92 Å². The molecule has 0 fully saturated rings. The van der Waals surface area contributed by atoms with Gasteiger partial charge >= 0.3 is 0 Å². The molecule has 0 aromatic heterocycles. The van der Waals surface area contributed by atoms with E-state index in [1.807, 2.05) is 26.0 Å². The highest BCUT2D eigenvalue weighted by Gasteiger charge is 2.25. The van der Waals surface area contributed by atoms with Crippen LogP contribution in [0.5, 0.6) is 5.75 Å². The molecule has 3 heteroatoms. The number of carbonyl (C=O) groups is 1. The number of hydrogen-bond donors (Lipinski definition) is 1. The van der Waals surface area contributed by atoms with Crippen molar-refractivity contribution in [2.24, 2.45) is 5.92 Å². The summed E-state index contributed by atoms with van der Waals surface area (Å²) < 4.78 is 5.74. The lowest BCUT2D eigenvalue weighted by molar-refractivity contribution is -0.121. The van der Waals surface area contributed by atoms with Crippen LogP contribution in [0.1, 0.15) is 77.8 Å². The molecule has 1 N–H and O–H groups in total. The Kier molecular flexibility index (Phi) is 8.95. The van der Waals surface area contributed by atoms with Crippen molar-refractivity contribution < 1.29 is 9.53 Å². The van der Waals surface area contributed by atoms with Gasteiger partial charge in [0, 0.05) is 13.0 Å². The smallest absolute Gasteiger partial charge is 0.220 e. The van der Waals surface area contributed by atoms with Gasteiger partial charge in [-0.25, -0.2) is 0 Å². The molecule has 0 bridgehead atoms. The molecule has 2 aromatic carbocycles. The summed E-state index contributed by atoms with van der Waals surface area (Å²) in [7, 11) is 0. The third-order valence-electron chi connectivity index (χ3n) is 6.14.